The van der Waals surface area contributed by atoms with E-state index in [0.29, 0.717) is 0 Å². The molecule has 0 aliphatic carbocycles. The zero-order valence-electron chi connectivity index (χ0n) is 12.5. The summed E-state index contributed by atoms with van der Waals surface area (Å²) in [5.41, 5.74) is 2.27. The molecule has 5 heteroatoms. The van der Waals surface area contributed by atoms with Gasteiger partial charge in [-0.3, -0.25) is 4.79 Å². The molecule has 0 spiro atoms. The summed E-state index contributed by atoms with van der Waals surface area (Å²) in [6.07, 6.45) is 0. The first-order valence-electron chi connectivity index (χ1n) is 6.01. The Hall–Kier alpha value is 0.154. The van der Waals surface area contributed by atoms with Crippen LogP contribution in [0.3, 0.4) is 0 Å². The zero-order chi connectivity index (χ0) is 14.1. The summed E-state index contributed by atoms with van der Waals surface area (Å²) in [5.74, 6) is -0.243. The molecule has 1 rings (SSSR count). The van der Waals surface area contributed by atoms with Gasteiger partial charge >= 0.3 is 0 Å². The molecule has 2 nitrogen and oxygen atoms in total. The normalized spacial score (nSPS) is 12.6. The molecule has 0 saturated carbocycles. The number of benzene rings is 1. The molecule has 1 N–H and O–H groups in total. The van der Waals surface area contributed by atoms with Crippen molar-refractivity contribution in [3.05, 3.63) is 29.1 Å². The molecule has 1 radical (unpaired) electrons. The van der Waals surface area contributed by atoms with Crippen molar-refractivity contribution in [1.82, 2.24) is 0 Å². The van der Waals surface area contributed by atoms with Crippen molar-refractivity contribution in [1.29, 1.82) is 0 Å². The van der Waals surface area contributed by atoms with E-state index in [2.05, 4.69) is 25.3 Å². The topological polar surface area (TPSA) is 29.1 Å². The SMILES string of the molecule is Cc1cc(F)cc(C)c1NC(=O)C(C)[P+](C)(C)C.[Y]. The minimum Gasteiger partial charge on any atom is -0.322 e. The number of hydrogen-bond acceptors (Lipinski definition) is 1. The number of hydrogen-bond donors (Lipinski definition) is 1. The fourth-order valence-corrected chi connectivity index (χ4v) is 2.46. The Morgan fingerprint density at radius 2 is 1.63 bits per heavy atom. The van der Waals surface area contributed by atoms with Crippen LogP contribution in [0.2, 0.25) is 0 Å². The number of carbonyl (C=O) groups excluding carboxylic acids is 1. The van der Waals surface area contributed by atoms with Gasteiger partial charge in [0.1, 0.15) is 11.5 Å². The van der Waals surface area contributed by atoms with Gasteiger partial charge in [0.2, 0.25) is 0 Å². The number of amides is 1. The van der Waals surface area contributed by atoms with Crippen molar-refractivity contribution < 1.29 is 41.9 Å². The van der Waals surface area contributed by atoms with E-state index in [0.717, 1.165) is 16.8 Å². The van der Waals surface area contributed by atoms with E-state index < -0.39 is 7.26 Å². The average molecular weight is 359 g/mol. The third-order valence-electron chi connectivity index (χ3n) is 3.29. The summed E-state index contributed by atoms with van der Waals surface area (Å²) in [6, 6.07) is 2.89. The molecule has 1 atom stereocenters. The largest absolute Gasteiger partial charge is 0.322 e. The van der Waals surface area contributed by atoms with Crippen molar-refractivity contribution in [3.63, 3.8) is 0 Å². The van der Waals surface area contributed by atoms with E-state index in [-0.39, 0.29) is 50.1 Å². The Balaban J connectivity index is 0.00000324. The van der Waals surface area contributed by atoms with Gasteiger partial charge in [0, 0.05) is 65.7 Å². The summed E-state index contributed by atoms with van der Waals surface area (Å²) in [7, 11) is -1.23. The molecule has 0 bridgehead atoms. The summed E-state index contributed by atoms with van der Waals surface area (Å²) in [6.45, 7) is 12.0. The minimum absolute atomic E-state index is 0. The molecule has 1 aromatic rings. The Bertz CT molecular complexity index is 448. The van der Waals surface area contributed by atoms with Crippen molar-refractivity contribution in [3.8, 4) is 0 Å². The van der Waals surface area contributed by atoms with Crippen LogP contribution >= 0.6 is 7.26 Å². The number of anilines is 1. The second-order valence-corrected chi connectivity index (χ2v) is 10.7. The van der Waals surface area contributed by atoms with Crippen molar-refractivity contribution >= 4 is 18.9 Å². The maximum atomic E-state index is 13.2. The van der Waals surface area contributed by atoms with E-state index >= 15 is 0 Å². The molecule has 0 heterocycles. The van der Waals surface area contributed by atoms with Crippen LogP contribution in [0.5, 0.6) is 0 Å². The van der Waals surface area contributed by atoms with Gasteiger partial charge in [-0.05, 0) is 44.0 Å². The van der Waals surface area contributed by atoms with Gasteiger partial charge in [-0.1, -0.05) is 0 Å². The van der Waals surface area contributed by atoms with Crippen LogP contribution in [0, 0.1) is 19.7 Å². The van der Waals surface area contributed by atoms with Gasteiger partial charge in [0.05, 0.1) is 0 Å². The molecule has 0 fully saturated rings. The molecule has 1 unspecified atom stereocenters. The van der Waals surface area contributed by atoms with Crippen LogP contribution in [0.15, 0.2) is 12.1 Å². The fraction of sp³-hybridized carbons (Fsp3) is 0.500. The van der Waals surface area contributed by atoms with Crippen LogP contribution in [0.25, 0.3) is 0 Å². The molecule has 103 valence electrons. The second-order valence-electron chi connectivity index (χ2n) is 5.70. The molecule has 0 aliphatic rings. The van der Waals surface area contributed by atoms with Crippen molar-refractivity contribution in [2.75, 3.05) is 25.3 Å². The monoisotopic (exact) mass is 359 g/mol. The molecular weight excluding hydrogens is 337 g/mol. The van der Waals surface area contributed by atoms with Crippen LogP contribution in [0.4, 0.5) is 10.1 Å². The van der Waals surface area contributed by atoms with Gasteiger partial charge in [0.25, 0.3) is 5.91 Å². The quantitative estimate of drug-likeness (QED) is 0.820. The van der Waals surface area contributed by atoms with E-state index in [4.69, 9.17) is 0 Å². The third-order valence-corrected chi connectivity index (χ3v) is 5.85. The average Bonchev–Trinajstić information content (AvgIpc) is 2.20. The Kier molecular flexibility index (Phi) is 7.30. The Labute approximate surface area is 141 Å². The van der Waals surface area contributed by atoms with Gasteiger partial charge in [-0.2, -0.15) is 0 Å². The Morgan fingerprint density at radius 1 is 1.21 bits per heavy atom. The molecule has 0 saturated heterocycles. The summed E-state index contributed by atoms with van der Waals surface area (Å²) in [5, 5.41) is 2.93. The molecule has 19 heavy (non-hydrogen) atoms. The predicted molar refractivity (Wildman–Crippen MR) is 78.7 cm³/mol. The van der Waals surface area contributed by atoms with Crippen molar-refractivity contribution in [2.24, 2.45) is 0 Å². The number of carbonyl (C=O) groups is 1. The smallest absolute Gasteiger partial charge is 0.264 e. The van der Waals surface area contributed by atoms with Crippen LogP contribution in [0.1, 0.15) is 18.1 Å². The summed E-state index contributed by atoms with van der Waals surface area (Å²) in [4.78, 5) is 12.2. The van der Waals surface area contributed by atoms with Gasteiger partial charge in [-0.25, -0.2) is 4.39 Å². The summed E-state index contributed by atoms with van der Waals surface area (Å²) < 4.78 is 13.2. The maximum absolute atomic E-state index is 13.2. The van der Waals surface area contributed by atoms with E-state index in [9.17, 15) is 9.18 Å². The van der Waals surface area contributed by atoms with Crippen LogP contribution in [-0.4, -0.2) is 31.6 Å². The maximum Gasteiger partial charge on any atom is 0.264 e. The molecular formula is C14H22FNOPY+. The molecule has 1 aromatic carbocycles. The van der Waals surface area contributed by atoms with E-state index in [1.807, 2.05) is 20.8 Å². The number of aryl methyl sites for hydroxylation is 2. The third kappa shape index (κ3) is 5.21. The van der Waals surface area contributed by atoms with Crippen LogP contribution < -0.4 is 5.32 Å². The van der Waals surface area contributed by atoms with Gasteiger partial charge < -0.3 is 5.32 Å². The fourth-order valence-electron chi connectivity index (χ4n) is 1.69. The first-order valence-corrected chi connectivity index (χ1v) is 9.21. The Morgan fingerprint density at radius 3 is 2.00 bits per heavy atom. The molecule has 0 aliphatic heterocycles. The number of nitrogens with one attached hydrogen (secondary N) is 1. The van der Waals surface area contributed by atoms with Crippen LogP contribution in [-0.2, 0) is 37.5 Å². The number of rotatable bonds is 3. The predicted octanol–water partition coefficient (Wildman–Crippen LogP) is 3.67. The summed E-state index contributed by atoms with van der Waals surface area (Å²) >= 11 is 0. The van der Waals surface area contributed by atoms with Gasteiger partial charge in [-0.15, -0.1) is 0 Å². The van der Waals surface area contributed by atoms with E-state index in [1.54, 1.807) is 0 Å². The first-order chi connectivity index (χ1) is 8.12. The standard InChI is InChI=1S/C14H21FNOP.Y/c1-9-7-12(15)8-10(2)13(9)16-14(17)11(3)18(4,5)6;/h7-8,11H,1-6H3;/p+1. The van der Waals surface area contributed by atoms with Crippen molar-refractivity contribution in [2.45, 2.75) is 26.4 Å². The number of halogens is 1. The molecule has 1 amide bonds. The second kappa shape index (κ2) is 7.24. The minimum atomic E-state index is -1.23. The van der Waals surface area contributed by atoms with Gasteiger partial charge in [0.15, 0.2) is 0 Å². The van der Waals surface area contributed by atoms with E-state index in [1.165, 1.54) is 12.1 Å². The first kappa shape index (κ1) is 19.2. The molecule has 0 aromatic heterocycles. The zero-order valence-corrected chi connectivity index (χ0v) is 16.3.